The summed E-state index contributed by atoms with van der Waals surface area (Å²) in [5, 5.41) is 0. The van der Waals surface area contributed by atoms with E-state index < -0.39 is 0 Å². The van der Waals surface area contributed by atoms with Crippen LogP contribution in [-0.2, 0) is 6.42 Å². The summed E-state index contributed by atoms with van der Waals surface area (Å²) < 4.78 is 5.99. The van der Waals surface area contributed by atoms with Crippen molar-refractivity contribution >= 4 is 0 Å². The molecule has 1 aromatic carbocycles. The van der Waals surface area contributed by atoms with E-state index in [1.807, 2.05) is 24.5 Å². The molecule has 1 aromatic heterocycles. The molecule has 3 heteroatoms. The van der Waals surface area contributed by atoms with Crippen LogP contribution in [0.2, 0.25) is 0 Å². The Hall–Kier alpha value is -1.90. The summed E-state index contributed by atoms with van der Waals surface area (Å²) >= 11 is 0. The van der Waals surface area contributed by atoms with Crippen LogP contribution >= 0.6 is 0 Å². The molecule has 0 atom stereocenters. The zero-order valence-corrected chi connectivity index (χ0v) is 18.8. The minimum absolute atomic E-state index is 0.701. The zero-order chi connectivity index (χ0) is 20.9. The lowest BCUT2D eigenvalue weighted by Crippen LogP contribution is -2.15. The molecule has 0 unspecified atom stereocenters. The summed E-state index contributed by atoms with van der Waals surface area (Å²) in [6.45, 7) is 3.10. The molecule has 2 aromatic rings. The van der Waals surface area contributed by atoms with Gasteiger partial charge in [0.1, 0.15) is 5.75 Å². The first kappa shape index (κ1) is 22.8. The van der Waals surface area contributed by atoms with E-state index in [9.17, 15) is 0 Å². The number of hydrogen-bond donors (Lipinski definition) is 0. The van der Waals surface area contributed by atoms with Crippen LogP contribution in [0.15, 0.2) is 36.7 Å². The fourth-order valence-corrected chi connectivity index (χ4v) is 4.17. The van der Waals surface area contributed by atoms with Gasteiger partial charge in [0.05, 0.1) is 6.61 Å². The monoisotopic (exact) mass is 407 g/mol. The van der Waals surface area contributed by atoms with E-state index in [-0.39, 0.29) is 0 Å². The van der Waals surface area contributed by atoms with Crippen molar-refractivity contribution < 1.29 is 4.74 Å². The van der Waals surface area contributed by atoms with Gasteiger partial charge in [0.25, 0.3) is 0 Å². The predicted octanol–water partition coefficient (Wildman–Crippen LogP) is 7.60. The molecule has 1 aliphatic rings. The van der Waals surface area contributed by atoms with Crippen LogP contribution in [0, 0.1) is 12.3 Å². The van der Waals surface area contributed by atoms with Gasteiger partial charge in [-0.2, -0.15) is 0 Å². The molecule has 0 amide bonds. The second-order valence-corrected chi connectivity index (χ2v) is 8.78. The molecule has 1 aliphatic carbocycles. The lowest BCUT2D eigenvalue weighted by atomic mass is 9.90. The Morgan fingerprint density at radius 1 is 0.833 bits per heavy atom. The Labute approximate surface area is 183 Å². The first-order chi connectivity index (χ1) is 14.8. The van der Waals surface area contributed by atoms with E-state index in [1.54, 1.807) is 0 Å². The Morgan fingerprint density at radius 3 is 2.13 bits per heavy atom. The first-order valence-corrected chi connectivity index (χ1v) is 12.2. The Balaban J connectivity index is 1.36. The maximum atomic E-state index is 5.99. The average molecular weight is 408 g/mol. The third kappa shape index (κ3) is 8.08. The highest BCUT2D eigenvalue weighted by molar-refractivity contribution is 5.55. The molecular weight excluding hydrogens is 368 g/mol. The number of ether oxygens (including phenoxy) is 1. The lowest BCUT2D eigenvalue weighted by Gasteiger charge is -2.21. The highest BCUT2D eigenvalue weighted by Crippen LogP contribution is 2.25. The van der Waals surface area contributed by atoms with E-state index in [4.69, 9.17) is 4.74 Å². The second-order valence-electron chi connectivity index (χ2n) is 8.78. The third-order valence-corrected chi connectivity index (χ3v) is 6.18. The van der Waals surface area contributed by atoms with Crippen LogP contribution in [0.25, 0.3) is 11.4 Å². The van der Waals surface area contributed by atoms with Crippen LogP contribution in [0.3, 0.4) is 0 Å². The summed E-state index contributed by atoms with van der Waals surface area (Å²) in [5.74, 6) is 2.44. The van der Waals surface area contributed by atoms with E-state index in [2.05, 4.69) is 35.4 Å². The van der Waals surface area contributed by atoms with Gasteiger partial charge < -0.3 is 4.74 Å². The van der Waals surface area contributed by atoms with E-state index in [0.717, 1.165) is 30.2 Å². The molecule has 0 saturated heterocycles. The van der Waals surface area contributed by atoms with Crippen LogP contribution in [-0.4, -0.2) is 16.6 Å². The molecule has 0 bridgehead atoms. The van der Waals surface area contributed by atoms with Gasteiger partial charge in [0.2, 0.25) is 0 Å². The summed E-state index contributed by atoms with van der Waals surface area (Å²) in [4.78, 5) is 9.18. The van der Waals surface area contributed by atoms with Crippen molar-refractivity contribution in [3.8, 4) is 17.1 Å². The topological polar surface area (TPSA) is 35.0 Å². The second kappa shape index (κ2) is 13.4. The minimum Gasteiger partial charge on any atom is -0.493 e. The van der Waals surface area contributed by atoms with Crippen LogP contribution < -0.4 is 4.74 Å². The number of aryl methyl sites for hydroxylation is 1. The molecule has 3 rings (SSSR count). The van der Waals surface area contributed by atoms with Crippen molar-refractivity contribution in [2.24, 2.45) is 5.92 Å². The van der Waals surface area contributed by atoms with Crippen molar-refractivity contribution in [3.05, 3.63) is 48.6 Å². The summed E-state index contributed by atoms with van der Waals surface area (Å²) in [6.07, 6.45) is 23.3. The number of unbranched alkanes of at least 4 members (excludes halogenated alkanes) is 7. The SMILES string of the molecule is CCCCCCCCCCc1cnc(-c2ccc(OCC3CC[CH]CC3)cc2)nc1. The quantitative estimate of drug-likeness (QED) is 0.321. The van der Waals surface area contributed by atoms with Gasteiger partial charge in [0.15, 0.2) is 5.82 Å². The fraction of sp³-hybridized carbons (Fsp3) is 0.593. The van der Waals surface area contributed by atoms with Crippen LogP contribution in [0.4, 0.5) is 0 Å². The molecule has 163 valence electrons. The molecular formula is C27H39N2O. The Bertz CT molecular complexity index is 690. The smallest absolute Gasteiger partial charge is 0.159 e. The molecule has 1 fully saturated rings. The minimum atomic E-state index is 0.701. The number of benzene rings is 1. The zero-order valence-electron chi connectivity index (χ0n) is 18.8. The van der Waals surface area contributed by atoms with Crippen molar-refractivity contribution in [2.75, 3.05) is 6.61 Å². The van der Waals surface area contributed by atoms with Gasteiger partial charge in [0, 0.05) is 18.0 Å². The Kier molecular flexibility index (Phi) is 10.2. The van der Waals surface area contributed by atoms with Crippen molar-refractivity contribution in [3.63, 3.8) is 0 Å². The van der Waals surface area contributed by atoms with Crippen molar-refractivity contribution in [1.29, 1.82) is 0 Å². The molecule has 1 heterocycles. The molecule has 1 saturated carbocycles. The molecule has 3 nitrogen and oxygen atoms in total. The van der Waals surface area contributed by atoms with Gasteiger partial charge in [-0.15, -0.1) is 0 Å². The van der Waals surface area contributed by atoms with E-state index in [1.165, 1.54) is 82.6 Å². The average Bonchev–Trinajstić information content (AvgIpc) is 2.81. The summed E-state index contributed by atoms with van der Waals surface area (Å²) in [7, 11) is 0. The van der Waals surface area contributed by atoms with E-state index in [0.29, 0.717) is 5.92 Å². The molecule has 0 spiro atoms. The maximum absolute atomic E-state index is 5.99. The number of rotatable bonds is 13. The molecule has 0 aliphatic heterocycles. The van der Waals surface area contributed by atoms with Gasteiger partial charge in [-0.1, -0.05) is 51.9 Å². The fourth-order valence-electron chi connectivity index (χ4n) is 4.17. The van der Waals surface area contributed by atoms with Gasteiger partial charge in [-0.05, 0) is 80.7 Å². The largest absolute Gasteiger partial charge is 0.493 e. The number of aromatic nitrogens is 2. The maximum Gasteiger partial charge on any atom is 0.159 e. The summed E-state index contributed by atoms with van der Waals surface area (Å²) in [5.41, 5.74) is 2.29. The predicted molar refractivity (Wildman–Crippen MR) is 126 cm³/mol. The van der Waals surface area contributed by atoms with Gasteiger partial charge in [-0.25, -0.2) is 9.97 Å². The molecule has 1 radical (unpaired) electrons. The Morgan fingerprint density at radius 2 is 1.47 bits per heavy atom. The highest BCUT2D eigenvalue weighted by Gasteiger charge is 2.14. The van der Waals surface area contributed by atoms with Crippen LogP contribution in [0.5, 0.6) is 5.75 Å². The lowest BCUT2D eigenvalue weighted by molar-refractivity contribution is 0.221. The normalized spacial score (nSPS) is 14.7. The number of nitrogens with zero attached hydrogens (tertiary/aromatic N) is 2. The highest BCUT2D eigenvalue weighted by atomic mass is 16.5. The van der Waals surface area contributed by atoms with Crippen molar-refractivity contribution in [2.45, 2.75) is 90.4 Å². The van der Waals surface area contributed by atoms with Crippen molar-refractivity contribution in [1.82, 2.24) is 9.97 Å². The molecule has 30 heavy (non-hydrogen) atoms. The summed E-state index contributed by atoms with van der Waals surface area (Å²) in [6, 6.07) is 8.22. The molecule has 0 N–H and O–H groups in total. The number of hydrogen-bond acceptors (Lipinski definition) is 3. The van der Waals surface area contributed by atoms with Gasteiger partial charge in [-0.3, -0.25) is 0 Å². The van der Waals surface area contributed by atoms with Crippen LogP contribution in [0.1, 0.15) is 89.5 Å². The first-order valence-electron chi connectivity index (χ1n) is 12.2. The standard InChI is InChI=1S/C27H39N2O/c1-2-3-4-5-6-7-8-10-15-24-20-28-27(29-21-24)25-16-18-26(19-17-25)30-22-23-13-11-9-12-14-23/h9,16-21,23H,2-8,10-15,22H2,1H3. The van der Waals surface area contributed by atoms with Gasteiger partial charge >= 0.3 is 0 Å². The van der Waals surface area contributed by atoms with E-state index >= 15 is 0 Å². The third-order valence-electron chi connectivity index (χ3n) is 6.18.